The topological polar surface area (TPSA) is 18.5 Å². The van der Waals surface area contributed by atoms with Crippen molar-refractivity contribution in [2.24, 2.45) is 0 Å². The molecular formula is C16H36O2Si3. The molecule has 0 aromatic carbocycles. The third-order valence-corrected chi connectivity index (χ3v) is 19.7. The van der Waals surface area contributed by atoms with Gasteiger partial charge in [-0.2, -0.15) is 0 Å². The lowest BCUT2D eigenvalue weighted by Gasteiger charge is -2.43. The number of hydrogen-bond acceptors (Lipinski definition) is 2. The molecule has 0 heterocycles. The molecule has 2 nitrogen and oxygen atoms in total. The molecule has 0 aliphatic carbocycles. The van der Waals surface area contributed by atoms with Crippen molar-refractivity contribution in [2.45, 2.75) is 77.8 Å². The van der Waals surface area contributed by atoms with Crippen LogP contribution in [0.3, 0.4) is 0 Å². The van der Waals surface area contributed by atoms with Crippen LogP contribution < -0.4 is 0 Å². The van der Waals surface area contributed by atoms with E-state index in [2.05, 4.69) is 66.1 Å². The van der Waals surface area contributed by atoms with Crippen LogP contribution in [0.1, 0.15) is 41.5 Å². The van der Waals surface area contributed by atoms with Crippen LogP contribution >= 0.6 is 0 Å². The summed E-state index contributed by atoms with van der Waals surface area (Å²) < 4.78 is 13.7. The fourth-order valence-corrected chi connectivity index (χ4v) is 17.2. The molecule has 0 spiro atoms. The monoisotopic (exact) mass is 344 g/mol. The summed E-state index contributed by atoms with van der Waals surface area (Å²) >= 11 is 0. The van der Waals surface area contributed by atoms with Gasteiger partial charge in [0.15, 0.2) is 0 Å². The zero-order valence-corrected chi connectivity index (χ0v) is 18.1. The average Bonchev–Trinajstić information content (AvgIpc) is 2.57. The van der Waals surface area contributed by atoms with Crippen LogP contribution in [0.2, 0.25) is 36.3 Å². The van der Waals surface area contributed by atoms with Crippen LogP contribution in [0.5, 0.6) is 0 Å². The first-order valence-corrected chi connectivity index (χ1v) is 15.6. The first-order valence-electron chi connectivity index (χ1n) is 8.57. The summed E-state index contributed by atoms with van der Waals surface area (Å²) in [7, 11) is -5.85. The van der Waals surface area contributed by atoms with Crippen molar-refractivity contribution in [3.8, 4) is 0 Å². The van der Waals surface area contributed by atoms with Gasteiger partial charge in [-0.3, -0.25) is 0 Å². The standard InChI is InChI=1S/C16H36O2Si3/c1-9-19(10-2,11-3)17-21(15-7,16-8)18-20(12-4,13-5)14-6/h9,12H,1,4,10-11,13-16H2,2-3,5-8H3. The molecule has 124 valence electrons. The maximum atomic E-state index is 6.86. The summed E-state index contributed by atoms with van der Waals surface area (Å²) in [6.07, 6.45) is 0. The first kappa shape index (κ1) is 21.1. The normalized spacial score (nSPS) is 13.2. The van der Waals surface area contributed by atoms with E-state index in [9.17, 15) is 0 Å². The quantitative estimate of drug-likeness (QED) is 0.409. The highest BCUT2D eigenvalue weighted by Gasteiger charge is 2.46. The van der Waals surface area contributed by atoms with Gasteiger partial charge in [-0.25, -0.2) is 0 Å². The third kappa shape index (κ3) is 5.03. The summed E-state index contributed by atoms with van der Waals surface area (Å²) in [6.45, 7) is 21.6. The van der Waals surface area contributed by atoms with Crippen LogP contribution in [-0.2, 0) is 8.23 Å². The highest BCUT2D eigenvalue weighted by molar-refractivity contribution is 6.92. The van der Waals surface area contributed by atoms with Gasteiger partial charge in [-0.1, -0.05) is 52.9 Å². The van der Waals surface area contributed by atoms with Gasteiger partial charge in [0.2, 0.25) is 16.6 Å². The third-order valence-electron chi connectivity index (χ3n) is 4.99. The molecule has 0 aromatic heterocycles. The predicted octanol–water partition coefficient (Wildman–Crippen LogP) is 5.92. The Balaban J connectivity index is 5.52. The van der Waals surface area contributed by atoms with E-state index in [-0.39, 0.29) is 0 Å². The molecule has 0 atom stereocenters. The highest BCUT2D eigenvalue weighted by atomic mass is 28.5. The minimum Gasteiger partial charge on any atom is -0.432 e. The predicted molar refractivity (Wildman–Crippen MR) is 103 cm³/mol. The van der Waals surface area contributed by atoms with E-state index < -0.39 is 25.2 Å². The molecule has 0 N–H and O–H groups in total. The van der Waals surface area contributed by atoms with E-state index in [1.165, 1.54) is 0 Å². The Hall–Kier alpha value is 0.0506. The largest absolute Gasteiger partial charge is 0.432 e. The second-order valence-electron chi connectivity index (χ2n) is 5.77. The lowest BCUT2D eigenvalue weighted by Crippen LogP contribution is -2.57. The van der Waals surface area contributed by atoms with Crippen LogP contribution in [-0.4, -0.2) is 25.2 Å². The minimum absolute atomic E-state index is 1.02. The number of hydrogen-bond donors (Lipinski definition) is 0. The fourth-order valence-electron chi connectivity index (χ4n) is 2.75. The lowest BCUT2D eigenvalue weighted by atomic mass is 10.9. The Labute approximate surface area is 136 Å². The maximum absolute atomic E-state index is 6.86. The maximum Gasteiger partial charge on any atom is 0.317 e. The highest BCUT2D eigenvalue weighted by Crippen LogP contribution is 2.33. The first-order chi connectivity index (χ1) is 9.90. The van der Waals surface area contributed by atoms with E-state index in [0.717, 1.165) is 36.3 Å². The van der Waals surface area contributed by atoms with Crippen molar-refractivity contribution in [1.29, 1.82) is 0 Å². The van der Waals surface area contributed by atoms with Crippen molar-refractivity contribution in [2.75, 3.05) is 0 Å². The van der Waals surface area contributed by atoms with Crippen molar-refractivity contribution in [3.05, 3.63) is 24.6 Å². The van der Waals surface area contributed by atoms with Crippen molar-refractivity contribution >= 4 is 25.2 Å². The van der Waals surface area contributed by atoms with Gasteiger partial charge in [0.25, 0.3) is 0 Å². The lowest BCUT2D eigenvalue weighted by molar-refractivity contribution is 0.371. The molecule has 0 rings (SSSR count). The van der Waals surface area contributed by atoms with Gasteiger partial charge < -0.3 is 8.23 Å². The Morgan fingerprint density at radius 2 is 0.905 bits per heavy atom. The van der Waals surface area contributed by atoms with Gasteiger partial charge in [-0.05, 0) is 36.3 Å². The van der Waals surface area contributed by atoms with Crippen molar-refractivity contribution in [1.82, 2.24) is 0 Å². The Morgan fingerprint density at radius 1 is 0.619 bits per heavy atom. The van der Waals surface area contributed by atoms with Crippen LogP contribution in [0, 0.1) is 0 Å². The Bertz CT molecular complexity index is 291. The summed E-state index contributed by atoms with van der Waals surface area (Å²) in [5.41, 5.74) is 4.25. The van der Waals surface area contributed by atoms with E-state index >= 15 is 0 Å². The van der Waals surface area contributed by atoms with E-state index in [4.69, 9.17) is 8.23 Å². The summed E-state index contributed by atoms with van der Waals surface area (Å²) in [4.78, 5) is 0. The van der Waals surface area contributed by atoms with E-state index in [1.807, 2.05) is 0 Å². The molecule has 0 aromatic rings. The molecule has 0 aliphatic heterocycles. The molecule has 21 heavy (non-hydrogen) atoms. The molecule has 0 bridgehead atoms. The molecule has 5 heteroatoms. The molecule has 0 saturated heterocycles. The molecule has 0 radical (unpaired) electrons. The number of rotatable bonds is 12. The Kier molecular flexibility index (Phi) is 9.27. The van der Waals surface area contributed by atoms with Gasteiger partial charge in [0.05, 0.1) is 0 Å². The molecule has 0 aliphatic rings. The van der Waals surface area contributed by atoms with Gasteiger partial charge in [0.1, 0.15) is 0 Å². The molecular weight excluding hydrogens is 308 g/mol. The van der Waals surface area contributed by atoms with Crippen LogP contribution in [0.4, 0.5) is 0 Å². The smallest absolute Gasteiger partial charge is 0.317 e. The fraction of sp³-hybridized carbons (Fsp3) is 0.750. The molecule has 0 amide bonds. The van der Waals surface area contributed by atoms with Gasteiger partial charge in [0, 0.05) is 0 Å². The van der Waals surface area contributed by atoms with Crippen molar-refractivity contribution < 1.29 is 8.23 Å². The average molecular weight is 345 g/mol. The summed E-state index contributed by atoms with van der Waals surface area (Å²) in [6, 6.07) is 6.40. The molecule has 0 unspecified atom stereocenters. The summed E-state index contributed by atoms with van der Waals surface area (Å²) in [5, 5.41) is 0. The van der Waals surface area contributed by atoms with Crippen molar-refractivity contribution in [3.63, 3.8) is 0 Å². The van der Waals surface area contributed by atoms with Crippen LogP contribution in [0.25, 0.3) is 0 Å². The second kappa shape index (κ2) is 9.25. The van der Waals surface area contributed by atoms with Crippen LogP contribution in [0.15, 0.2) is 24.6 Å². The Morgan fingerprint density at radius 3 is 1.05 bits per heavy atom. The molecule has 0 fully saturated rings. The van der Waals surface area contributed by atoms with E-state index in [1.54, 1.807) is 0 Å². The van der Waals surface area contributed by atoms with Gasteiger partial charge in [-0.15, -0.1) is 13.2 Å². The van der Waals surface area contributed by atoms with Gasteiger partial charge >= 0.3 is 8.56 Å². The van der Waals surface area contributed by atoms with E-state index in [0.29, 0.717) is 0 Å². The minimum atomic E-state index is -2.16. The SMILES string of the molecule is C=C[Si](CC)(CC)O[Si](CC)(CC)O[Si](C=C)(CC)CC. The zero-order valence-electron chi connectivity index (χ0n) is 15.1. The zero-order chi connectivity index (χ0) is 16.6. The second-order valence-corrected chi connectivity index (χ2v) is 18.5. The summed E-state index contributed by atoms with van der Waals surface area (Å²) in [5.74, 6) is 0. The molecule has 0 saturated carbocycles.